The van der Waals surface area contributed by atoms with Crippen molar-refractivity contribution in [3.8, 4) is 5.75 Å². The number of carbonyl (C=O) groups is 3. The highest BCUT2D eigenvalue weighted by Crippen LogP contribution is 2.28. The standard InChI is InChI=1S/C15H18ClN3O7/c1-3-18(8-13(20)17-15(22)25-4-2)14(21)9-26-12-6-5-10(19(23)24)7-11(12)16/h5-7H,3-4,8-9H2,1-2H3,(H,17,20,22). The van der Waals surface area contributed by atoms with E-state index in [-0.39, 0.29) is 36.2 Å². The average Bonchev–Trinajstić information content (AvgIpc) is 2.58. The van der Waals surface area contributed by atoms with E-state index in [2.05, 4.69) is 4.74 Å². The maximum Gasteiger partial charge on any atom is 0.413 e. The number of hydrogen-bond acceptors (Lipinski definition) is 7. The van der Waals surface area contributed by atoms with E-state index >= 15 is 0 Å². The molecule has 0 spiro atoms. The predicted octanol–water partition coefficient (Wildman–Crippen LogP) is 1.75. The van der Waals surface area contributed by atoms with Gasteiger partial charge in [-0.25, -0.2) is 4.79 Å². The summed E-state index contributed by atoms with van der Waals surface area (Å²) in [6.07, 6.45) is -0.894. The molecular weight excluding hydrogens is 370 g/mol. The number of nitro benzene ring substituents is 1. The fourth-order valence-corrected chi connectivity index (χ4v) is 2.05. The molecule has 0 atom stereocenters. The number of alkyl carbamates (subject to hydrolysis) is 1. The molecule has 0 aromatic heterocycles. The van der Waals surface area contributed by atoms with Crippen LogP contribution in [0.4, 0.5) is 10.5 Å². The molecule has 0 aliphatic heterocycles. The fourth-order valence-electron chi connectivity index (χ4n) is 1.82. The summed E-state index contributed by atoms with van der Waals surface area (Å²) in [5.41, 5.74) is -0.209. The number of ether oxygens (including phenoxy) is 2. The number of nitro groups is 1. The molecule has 0 unspecified atom stereocenters. The molecule has 1 aromatic rings. The van der Waals surface area contributed by atoms with Crippen molar-refractivity contribution in [3.05, 3.63) is 33.3 Å². The minimum absolute atomic E-state index is 0.0184. The van der Waals surface area contributed by atoms with E-state index < -0.39 is 29.4 Å². The van der Waals surface area contributed by atoms with Gasteiger partial charge in [-0.05, 0) is 19.9 Å². The summed E-state index contributed by atoms with van der Waals surface area (Å²) in [7, 11) is 0. The second-order valence-electron chi connectivity index (χ2n) is 4.84. The Balaban J connectivity index is 2.60. The van der Waals surface area contributed by atoms with Crippen LogP contribution < -0.4 is 10.1 Å². The second-order valence-corrected chi connectivity index (χ2v) is 5.24. The molecule has 10 nitrogen and oxygen atoms in total. The van der Waals surface area contributed by atoms with E-state index in [0.29, 0.717) is 0 Å². The Kier molecular flexibility index (Phi) is 8.29. The molecule has 1 rings (SSSR count). The van der Waals surface area contributed by atoms with Crippen LogP contribution in [0.1, 0.15) is 13.8 Å². The first-order valence-electron chi connectivity index (χ1n) is 7.59. The van der Waals surface area contributed by atoms with Gasteiger partial charge in [0.1, 0.15) is 12.3 Å². The number of non-ortho nitro benzene ring substituents is 1. The Morgan fingerprint density at radius 2 is 2.00 bits per heavy atom. The van der Waals surface area contributed by atoms with Gasteiger partial charge in [0.2, 0.25) is 5.91 Å². The number of nitrogens with one attached hydrogen (secondary N) is 1. The average molecular weight is 388 g/mol. The van der Waals surface area contributed by atoms with Crippen LogP contribution in [0.3, 0.4) is 0 Å². The quantitative estimate of drug-likeness (QED) is 0.531. The number of carbonyl (C=O) groups excluding carboxylic acids is 3. The maximum absolute atomic E-state index is 12.1. The van der Waals surface area contributed by atoms with Gasteiger partial charge in [-0.3, -0.25) is 25.0 Å². The van der Waals surface area contributed by atoms with Crippen molar-refractivity contribution in [2.45, 2.75) is 13.8 Å². The molecule has 11 heteroatoms. The van der Waals surface area contributed by atoms with Crippen molar-refractivity contribution in [3.63, 3.8) is 0 Å². The number of benzene rings is 1. The summed E-state index contributed by atoms with van der Waals surface area (Å²) >= 11 is 5.87. The van der Waals surface area contributed by atoms with Crippen molar-refractivity contribution >= 4 is 35.2 Å². The molecule has 0 saturated heterocycles. The van der Waals surface area contributed by atoms with Crippen LogP contribution in [0, 0.1) is 10.1 Å². The predicted molar refractivity (Wildman–Crippen MR) is 91.0 cm³/mol. The first-order valence-corrected chi connectivity index (χ1v) is 7.97. The summed E-state index contributed by atoms with van der Waals surface area (Å²) in [4.78, 5) is 46.2. The molecule has 1 aromatic carbocycles. The van der Waals surface area contributed by atoms with Crippen LogP contribution in [0.15, 0.2) is 18.2 Å². The van der Waals surface area contributed by atoms with Crippen LogP contribution >= 0.6 is 11.6 Å². The Hall–Kier alpha value is -2.88. The molecule has 142 valence electrons. The normalized spacial score (nSPS) is 9.96. The van der Waals surface area contributed by atoms with Crippen molar-refractivity contribution in [1.82, 2.24) is 10.2 Å². The fraction of sp³-hybridized carbons (Fsp3) is 0.400. The Morgan fingerprint density at radius 1 is 1.31 bits per heavy atom. The lowest BCUT2D eigenvalue weighted by Crippen LogP contribution is -2.44. The van der Waals surface area contributed by atoms with Crippen LogP contribution in [-0.2, 0) is 14.3 Å². The molecule has 0 aliphatic rings. The van der Waals surface area contributed by atoms with E-state index in [1.807, 2.05) is 5.32 Å². The summed E-state index contributed by atoms with van der Waals surface area (Å²) in [6.45, 7) is 2.76. The molecule has 0 aliphatic carbocycles. The zero-order valence-corrected chi connectivity index (χ0v) is 14.9. The Morgan fingerprint density at radius 3 is 2.54 bits per heavy atom. The zero-order valence-electron chi connectivity index (χ0n) is 14.2. The van der Waals surface area contributed by atoms with Gasteiger partial charge in [0.05, 0.1) is 16.6 Å². The molecule has 26 heavy (non-hydrogen) atoms. The van der Waals surface area contributed by atoms with Crippen LogP contribution in [0.5, 0.6) is 5.75 Å². The molecule has 1 N–H and O–H groups in total. The largest absolute Gasteiger partial charge is 0.482 e. The van der Waals surface area contributed by atoms with E-state index in [1.165, 1.54) is 12.1 Å². The van der Waals surface area contributed by atoms with Gasteiger partial charge in [-0.1, -0.05) is 11.6 Å². The minimum atomic E-state index is -0.894. The van der Waals surface area contributed by atoms with Gasteiger partial charge in [0.25, 0.3) is 11.6 Å². The number of rotatable bonds is 8. The minimum Gasteiger partial charge on any atom is -0.482 e. The van der Waals surface area contributed by atoms with Gasteiger partial charge in [-0.2, -0.15) is 0 Å². The first kappa shape index (κ1) is 21.2. The van der Waals surface area contributed by atoms with Crippen molar-refractivity contribution in [2.75, 3.05) is 26.3 Å². The summed E-state index contributed by atoms with van der Waals surface area (Å²) in [6, 6.07) is 3.57. The Labute approximate surface area is 154 Å². The summed E-state index contributed by atoms with van der Waals surface area (Å²) < 4.78 is 9.82. The smallest absolute Gasteiger partial charge is 0.413 e. The number of amides is 3. The van der Waals surface area contributed by atoms with Gasteiger partial charge >= 0.3 is 6.09 Å². The lowest BCUT2D eigenvalue weighted by atomic mass is 10.3. The second kappa shape index (κ2) is 10.2. The van der Waals surface area contributed by atoms with Crippen LogP contribution in [-0.4, -0.2) is 54.0 Å². The van der Waals surface area contributed by atoms with E-state index in [9.17, 15) is 24.5 Å². The van der Waals surface area contributed by atoms with E-state index in [0.717, 1.165) is 11.0 Å². The third-order valence-corrected chi connectivity index (χ3v) is 3.36. The third kappa shape index (κ3) is 6.55. The maximum atomic E-state index is 12.1. The lowest BCUT2D eigenvalue weighted by molar-refractivity contribution is -0.384. The highest BCUT2D eigenvalue weighted by atomic mass is 35.5. The van der Waals surface area contributed by atoms with Crippen LogP contribution in [0.25, 0.3) is 0 Å². The van der Waals surface area contributed by atoms with E-state index in [1.54, 1.807) is 13.8 Å². The monoisotopic (exact) mass is 387 g/mol. The summed E-state index contributed by atoms with van der Waals surface area (Å²) in [5, 5.41) is 12.6. The molecule has 3 amide bonds. The van der Waals surface area contributed by atoms with Gasteiger partial charge in [-0.15, -0.1) is 0 Å². The molecule has 0 radical (unpaired) electrons. The zero-order chi connectivity index (χ0) is 19.7. The molecule has 0 saturated carbocycles. The number of hydrogen-bond donors (Lipinski definition) is 1. The van der Waals surface area contributed by atoms with E-state index in [4.69, 9.17) is 16.3 Å². The molecule has 0 heterocycles. The topological polar surface area (TPSA) is 128 Å². The van der Waals surface area contributed by atoms with Crippen molar-refractivity contribution < 1.29 is 28.8 Å². The number of imide groups is 1. The van der Waals surface area contributed by atoms with Gasteiger partial charge < -0.3 is 14.4 Å². The molecule has 0 fully saturated rings. The highest BCUT2D eigenvalue weighted by Gasteiger charge is 2.19. The van der Waals surface area contributed by atoms with Crippen LogP contribution in [0.2, 0.25) is 5.02 Å². The first-order chi connectivity index (χ1) is 12.3. The van der Waals surface area contributed by atoms with Crippen molar-refractivity contribution in [2.24, 2.45) is 0 Å². The SMILES string of the molecule is CCOC(=O)NC(=O)CN(CC)C(=O)COc1ccc([N+](=O)[O-])cc1Cl. The van der Waals surface area contributed by atoms with Crippen molar-refractivity contribution in [1.29, 1.82) is 0 Å². The highest BCUT2D eigenvalue weighted by molar-refractivity contribution is 6.32. The number of likely N-dealkylation sites (N-methyl/N-ethyl adjacent to an activating group) is 1. The Bertz CT molecular complexity index is 696. The van der Waals surface area contributed by atoms with Gasteiger partial charge in [0, 0.05) is 18.7 Å². The van der Waals surface area contributed by atoms with Gasteiger partial charge in [0.15, 0.2) is 6.61 Å². The number of halogens is 1. The number of nitrogens with zero attached hydrogens (tertiary/aromatic N) is 2. The molecular formula is C15H18ClN3O7. The lowest BCUT2D eigenvalue weighted by Gasteiger charge is -2.20. The molecule has 0 bridgehead atoms. The third-order valence-electron chi connectivity index (χ3n) is 3.06. The summed E-state index contributed by atoms with van der Waals surface area (Å²) in [5.74, 6) is -1.13.